The predicted octanol–water partition coefficient (Wildman–Crippen LogP) is 2.35. The van der Waals surface area contributed by atoms with Crippen molar-refractivity contribution in [3.05, 3.63) is 60.2 Å². The molecule has 0 aliphatic carbocycles. The number of para-hydroxylation sites is 2. The lowest BCUT2D eigenvalue weighted by Gasteiger charge is -2.37. The fourth-order valence-electron chi connectivity index (χ4n) is 3.74. The van der Waals surface area contributed by atoms with Crippen LogP contribution in [-0.2, 0) is 14.4 Å². The first-order chi connectivity index (χ1) is 14.5. The number of rotatable bonds is 5. The van der Waals surface area contributed by atoms with Crippen molar-refractivity contribution in [2.45, 2.75) is 19.4 Å². The van der Waals surface area contributed by atoms with Gasteiger partial charge in [-0.1, -0.05) is 49.4 Å². The van der Waals surface area contributed by atoms with Crippen LogP contribution in [0.25, 0.3) is 0 Å². The van der Waals surface area contributed by atoms with Crippen LogP contribution in [0.3, 0.4) is 0 Å². The highest BCUT2D eigenvalue weighted by Crippen LogP contribution is 2.39. The summed E-state index contributed by atoms with van der Waals surface area (Å²) in [4.78, 5) is 53.5. The number of amides is 5. The second-order valence-corrected chi connectivity index (χ2v) is 7.10. The standard InChI is InChI=1S/C22H21N3O5/c1-2-12-23-20(27)21(28)24(22(23)29)13-19(26)25-16-10-6-7-11-18(16)30-14-17(25)15-8-4-3-5-9-15/h3-11,17H,2,12-14H2,1H3/t17-/m0/s1. The molecular weight excluding hydrogens is 386 g/mol. The van der Waals surface area contributed by atoms with E-state index in [1.807, 2.05) is 30.3 Å². The van der Waals surface area contributed by atoms with E-state index in [1.165, 1.54) is 0 Å². The number of hydrogen-bond acceptors (Lipinski definition) is 5. The number of fused-ring (bicyclic) bond motifs is 1. The normalized spacial score (nSPS) is 18.5. The Hall–Kier alpha value is -3.68. The van der Waals surface area contributed by atoms with Crippen molar-refractivity contribution in [3.8, 4) is 5.75 Å². The third-order valence-electron chi connectivity index (χ3n) is 5.16. The highest BCUT2D eigenvalue weighted by Gasteiger charge is 2.46. The molecule has 2 aromatic carbocycles. The van der Waals surface area contributed by atoms with Gasteiger partial charge in [0.05, 0.1) is 11.7 Å². The minimum atomic E-state index is -0.973. The summed E-state index contributed by atoms with van der Waals surface area (Å²) in [6.07, 6.45) is 0.527. The first-order valence-corrected chi connectivity index (χ1v) is 9.79. The van der Waals surface area contributed by atoms with E-state index < -0.39 is 36.3 Å². The number of benzene rings is 2. The first-order valence-electron chi connectivity index (χ1n) is 9.79. The zero-order chi connectivity index (χ0) is 21.3. The van der Waals surface area contributed by atoms with E-state index in [4.69, 9.17) is 4.74 Å². The fraction of sp³-hybridized carbons (Fsp3) is 0.273. The minimum absolute atomic E-state index is 0.140. The number of nitrogens with zero attached hydrogens (tertiary/aromatic N) is 3. The second kappa shape index (κ2) is 7.98. The molecule has 5 amide bonds. The average Bonchev–Trinajstić information content (AvgIpc) is 2.97. The molecule has 0 N–H and O–H groups in total. The molecule has 1 atom stereocenters. The maximum atomic E-state index is 13.4. The smallest absolute Gasteiger partial charge is 0.334 e. The highest BCUT2D eigenvalue weighted by atomic mass is 16.5. The molecule has 0 unspecified atom stereocenters. The molecule has 0 bridgehead atoms. The van der Waals surface area contributed by atoms with Crippen molar-refractivity contribution in [1.82, 2.24) is 9.80 Å². The summed E-state index contributed by atoms with van der Waals surface area (Å²) in [5.41, 5.74) is 1.42. The molecule has 2 aliphatic rings. The van der Waals surface area contributed by atoms with Crippen molar-refractivity contribution in [2.24, 2.45) is 0 Å². The van der Waals surface area contributed by atoms with Crippen LogP contribution in [0.2, 0.25) is 0 Å². The van der Waals surface area contributed by atoms with E-state index in [0.29, 0.717) is 17.9 Å². The van der Waals surface area contributed by atoms with Gasteiger partial charge in [-0.25, -0.2) is 9.69 Å². The van der Waals surface area contributed by atoms with E-state index in [-0.39, 0.29) is 13.2 Å². The van der Waals surface area contributed by atoms with Gasteiger partial charge in [0.25, 0.3) is 0 Å². The Kier molecular flexibility index (Phi) is 5.22. The minimum Gasteiger partial charge on any atom is -0.489 e. The maximum absolute atomic E-state index is 13.4. The van der Waals surface area contributed by atoms with E-state index in [9.17, 15) is 19.2 Å². The molecule has 0 saturated carbocycles. The number of urea groups is 1. The van der Waals surface area contributed by atoms with Crippen LogP contribution in [0.15, 0.2) is 54.6 Å². The maximum Gasteiger partial charge on any atom is 0.334 e. The van der Waals surface area contributed by atoms with Crippen molar-refractivity contribution in [3.63, 3.8) is 0 Å². The molecule has 8 heteroatoms. The lowest BCUT2D eigenvalue weighted by atomic mass is 10.0. The third-order valence-corrected chi connectivity index (χ3v) is 5.16. The topological polar surface area (TPSA) is 87.2 Å². The van der Waals surface area contributed by atoms with Gasteiger partial charge in [-0.3, -0.25) is 24.2 Å². The summed E-state index contributed by atoms with van der Waals surface area (Å²) >= 11 is 0. The second-order valence-electron chi connectivity index (χ2n) is 7.10. The lowest BCUT2D eigenvalue weighted by Crippen LogP contribution is -2.47. The molecule has 8 nitrogen and oxygen atoms in total. The van der Waals surface area contributed by atoms with E-state index >= 15 is 0 Å². The Bertz CT molecular complexity index is 1010. The fourth-order valence-corrected chi connectivity index (χ4v) is 3.74. The van der Waals surface area contributed by atoms with E-state index in [2.05, 4.69) is 0 Å². The van der Waals surface area contributed by atoms with Gasteiger partial charge >= 0.3 is 17.8 Å². The number of ether oxygens (including phenoxy) is 1. The van der Waals surface area contributed by atoms with Gasteiger partial charge in [0.1, 0.15) is 18.9 Å². The molecule has 2 aromatic rings. The average molecular weight is 407 g/mol. The summed E-state index contributed by atoms with van der Waals surface area (Å²) in [7, 11) is 0. The molecule has 1 saturated heterocycles. The third kappa shape index (κ3) is 3.30. The molecule has 30 heavy (non-hydrogen) atoms. The first kappa shape index (κ1) is 19.6. The Morgan fingerprint density at radius 2 is 1.63 bits per heavy atom. The van der Waals surface area contributed by atoms with Crippen LogP contribution in [0.4, 0.5) is 10.5 Å². The number of imide groups is 2. The predicted molar refractivity (Wildman–Crippen MR) is 108 cm³/mol. The molecule has 0 spiro atoms. The summed E-state index contributed by atoms with van der Waals surface area (Å²) in [6, 6.07) is 15.3. The Morgan fingerprint density at radius 1 is 0.967 bits per heavy atom. The highest BCUT2D eigenvalue weighted by molar-refractivity contribution is 6.45. The van der Waals surface area contributed by atoms with Crippen LogP contribution in [0, 0.1) is 0 Å². The largest absolute Gasteiger partial charge is 0.489 e. The molecule has 0 aromatic heterocycles. The van der Waals surface area contributed by atoms with E-state index in [0.717, 1.165) is 15.4 Å². The molecule has 0 radical (unpaired) electrons. The van der Waals surface area contributed by atoms with Crippen LogP contribution >= 0.6 is 0 Å². The van der Waals surface area contributed by atoms with Gasteiger partial charge in [0, 0.05) is 6.54 Å². The van der Waals surface area contributed by atoms with E-state index in [1.54, 1.807) is 36.1 Å². The van der Waals surface area contributed by atoms with Crippen molar-refractivity contribution in [2.75, 3.05) is 24.6 Å². The zero-order valence-corrected chi connectivity index (χ0v) is 16.5. The number of carbonyl (C=O) groups excluding carboxylic acids is 4. The quantitative estimate of drug-likeness (QED) is 0.561. The molecule has 4 rings (SSSR count). The molecule has 2 aliphatic heterocycles. The van der Waals surface area contributed by atoms with Crippen LogP contribution in [0.1, 0.15) is 24.9 Å². The molecule has 154 valence electrons. The number of anilines is 1. The van der Waals surface area contributed by atoms with Gasteiger partial charge in [-0.15, -0.1) is 0 Å². The van der Waals surface area contributed by atoms with Gasteiger partial charge in [0.2, 0.25) is 5.91 Å². The molecule has 1 fully saturated rings. The van der Waals surface area contributed by atoms with Gasteiger partial charge in [-0.2, -0.15) is 0 Å². The van der Waals surface area contributed by atoms with Crippen molar-refractivity contribution >= 4 is 29.4 Å². The summed E-state index contributed by atoms with van der Waals surface area (Å²) in [5.74, 6) is -1.79. The van der Waals surface area contributed by atoms with Crippen LogP contribution in [-0.4, -0.2) is 53.2 Å². The summed E-state index contributed by atoms with van der Waals surface area (Å²) in [5, 5.41) is 0. The number of carbonyl (C=O) groups is 4. The van der Waals surface area contributed by atoms with Gasteiger partial charge in [-0.05, 0) is 24.1 Å². The van der Waals surface area contributed by atoms with Crippen molar-refractivity contribution < 1.29 is 23.9 Å². The lowest BCUT2D eigenvalue weighted by molar-refractivity contribution is -0.143. The summed E-state index contributed by atoms with van der Waals surface area (Å²) in [6.45, 7) is 1.66. The van der Waals surface area contributed by atoms with Crippen LogP contribution in [0.5, 0.6) is 5.75 Å². The Balaban J connectivity index is 1.66. The van der Waals surface area contributed by atoms with Crippen molar-refractivity contribution in [1.29, 1.82) is 0 Å². The monoisotopic (exact) mass is 407 g/mol. The Labute approximate surface area is 173 Å². The summed E-state index contributed by atoms with van der Waals surface area (Å²) < 4.78 is 5.85. The van der Waals surface area contributed by atoms with Gasteiger partial charge < -0.3 is 4.74 Å². The van der Waals surface area contributed by atoms with Gasteiger partial charge in [0.15, 0.2) is 0 Å². The number of hydrogen-bond donors (Lipinski definition) is 0. The molecular formula is C22H21N3O5. The SMILES string of the molecule is CCCN1C(=O)C(=O)N(CC(=O)N2c3ccccc3OC[C@H]2c2ccccc2)C1=O. The molecule has 2 heterocycles. The zero-order valence-electron chi connectivity index (χ0n) is 16.5. The Morgan fingerprint density at radius 3 is 2.37 bits per heavy atom. The van der Waals surface area contributed by atoms with Crippen LogP contribution < -0.4 is 9.64 Å².